The number of anilines is 1. The third-order valence-corrected chi connectivity index (χ3v) is 1.91. The fraction of sp³-hybridized carbons (Fsp3) is 0. The van der Waals surface area contributed by atoms with Crippen molar-refractivity contribution in [2.45, 2.75) is 0 Å². The second-order valence-electron chi connectivity index (χ2n) is 3.09. The van der Waals surface area contributed by atoms with Crippen LogP contribution in [0.4, 0.5) is 11.6 Å². The number of para-hydroxylation sites is 1. The van der Waals surface area contributed by atoms with Crippen molar-refractivity contribution in [3.05, 3.63) is 46.6 Å². The van der Waals surface area contributed by atoms with Gasteiger partial charge in [0.25, 0.3) is 0 Å². The summed E-state index contributed by atoms with van der Waals surface area (Å²) in [6.45, 7) is 0. The van der Waals surface area contributed by atoms with Crippen molar-refractivity contribution in [1.29, 1.82) is 0 Å². The van der Waals surface area contributed by atoms with E-state index < -0.39 is 4.92 Å². The van der Waals surface area contributed by atoms with Crippen LogP contribution in [-0.2, 0) is 0 Å². The Balaban J connectivity index is 2.37. The molecule has 1 aromatic heterocycles. The molecule has 0 saturated heterocycles. The van der Waals surface area contributed by atoms with Gasteiger partial charge in [0.05, 0.1) is 4.92 Å². The molecule has 0 unspecified atom stereocenters. The molecule has 0 aliphatic rings. The molecule has 0 saturated carbocycles. The fourth-order valence-corrected chi connectivity index (χ4v) is 1.17. The van der Waals surface area contributed by atoms with E-state index in [9.17, 15) is 10.1 Å². The first kappa shape index (κ1) is 10.8. The maximum Gasteiger partial charge on any atom is 0.349 e. The molecule has 2 aromatic rings. The Morgan fingerprint density at radius 1 is 1.29 bits per heavy atom. The monoisotopic (exact) mass is 232 g/mol. The second kappa shape index (κ2) is 4.44. The van der Waals surface area contributed by atoms with Crippen LogP contribution in [0.2, 0.25) is 0 Å². The molecule has 0 amide bonds. The largest absolute Gasteiger partial charge is 0.434 e. The average molecular weight is 232 g/mol. The van der Waals surface area contributed by atoms with E-state index in [0.29, 0.717) is 5.75 Å². The van der Waals surface area contributed by atoms with E-state index in [0.717, 1.165) is 6.20 Å². The van der Waals surface area contributed by atoms with Crippen LogP contribution in [0.3, 0.4) is 0 Å². The minimum absolute atomic E-state index is 0.0819. The molecule has 0 fully saturated rings. The van der Waals surface area contributed by atoms with E-state index in [2.05, 4.69) is 9.97 Å². The van der Waals surface area contributed by atoms with E-state index in [1.807, 2.05) is 0 Å². The average Bonchev–Trinajstić information content (AvgIpc) is 2.30. The minimum Gasteiger partial charge on any atom is -0.434 e. The predicted molar refractivity (Wildman–Crippen MR) is 59.6 cm³/mol. The number of aromatic nitrogens is 2. The Bertz CT molecular complexity index is 545. The van der Waals surface area contributed by atoms with Crippen molar-refractivity contribution in [3.8, 4) is 11.6 Å². The third kappa shape index (κ3) is 2.46. The molecule has 0 aliphatic heterocycles. The van der Waals surface area contributed by atoms with Crippen molar-refractivity contribution >= 4 is 11.6 Å². The van der Waals surface area contributed by atoms with E-state index in [-0.39, 0.29) is 17.5 Å². The van der Waals surface area contributed by atoms with Gasteiger partial charge in [0.15, 0.2) is 0 Å². The molecule has 2 N–H and O–H groups in total. The zero-order valence-electron chi connectivity index (χ0n) is 8.61. The summed E-state index contributed by atoms with van der Waals surface area (Å²) in [5.41, 5.74) is 5.03. The summed E-state index contributed by atoms with van der Waals surface area (Å²) in [6, 6.07) is 8.59. The van der Waals surface area contributed by atoms with Crippen LogP contribution < -0.4 is 10.5 Å². The van der Waals surface area contributed by atoms with Gasteiger partial charge >= 0.3 is 11.6 Å². The highest BCUT2D eigenvalue weighted by Gasteiger charge is 2.18. The van der Waals surface area contributed by atoms with Gasteiger partial charge in [-0.1, -0.05) is 18.2 Å². The summed E-state index contributed by atoms with van der Waals surface area (Å²) in [5, 5.41) is 10.7. The van der Waals surface area contributed by atoms with Crippen LogP contribution in [0.25, 0.3) is 0 Å². The Labute approximate surface area is 96.0 Å². The van der Waals surface area contributed by atoms with Gasteiger partial charge < -0.3 is 10.5 Å². The van der Waals surface area contributed by atoms with Gasteiger partial charge in [0, 0.05) is 0 Å². The van der Waals surface area contributed by atoms with Crippen LogP contribution in [0.5, 0.6) is 11.6 Å². The Morgan fingerprint density at radius 3 is 2.65 bits per heavy atom. The summed E-state index contributed by atoms with van der Waals surface area (Å²) in [6.07, 6.45) is 1.01. The zero-order chi connectivity index (χ0) is 12.3. The second-order valence-corrected chi connectivity index (χ2v) is 3.09. The number of nitro groups is 1. The number of hydrogen-bond donors (Lipinski definition) is 1. The van der Waals surface area contributed by atoms with Gasteiger partial charge in [-0.15, -0.1) is 0 Å². The van der Waals surface area contributed by atoms with E-state index in [1.165, 1.54) is 0 Å². The number of hydrogen-bond acceptors (Lipinski definition) is 6. The molecule has 17 heavy (non-hydrogen) atoms. The van der Waals surface area contributed by atoms with E-state index in [4.69, 9.17) is 10.5 Å². The lowest BCUT2D eigenvalue weighted by atomic mass is 10.3. The SMILES string of the molecule is Nc1ncc([N+](=O)[O-])c(Oc2ccccc2)n1. The lowest BCUT2D eigenvalue weighted by Crippen LogP contribution is -2.01. The molecule has 2 rings (SSSR count). The highest BCUT2D eigenvalue weighted by atomic mass is 16.6. The number of benzene rings is 1. The molecule has 1 heterocycles. The molecular formula is C10H8N4O3. The minimum atomic E-state index is -0.627. The first-order valence-corrected chi connectivity index (χ1v) is 4.66. The van der Waals surface area contributed by atoms with Gasteiger partial charge in [-0.2, -0.15) is 4.98 Å². The number of ether oxygens (including phenoxy) is 1. The molecule has 0 spiro atoms. The highest BCUT2D eigenvalue weighted by molar-refractivity contribution is 5.44. The predicted octanol–water partition coefficient (Wildman–Crippen LogP) is 1.76. The Morgan fingerprint density at radius 2 is 2.00 bits per heavy atom. The Kier molecular flexibility index (Phi) is 2.82. The van der Waals surface area contributed by atoms with Gasteiger partial charge in [-0.05, 0) is 12.1 Å². The third-order valence-electron chi connectivity index (χ3n) is 1.91. The summed E-state index contributed by atoms with van der Waals surface area (Å²) in [7, 11) is 0. The van der Waals surface area contributed by atoms with Gasteiger partial charge in [-0.25, -0.2) is 4.98 Å². The van der Waals surface area contributed by atoms with Crippen molar-refractivity contribution in [2.24, 2.45) is 0 Å². The number of rotatable bonds is 3. The summed E-state index contributed by atoms with van der Waals surface area (Å²) in [5.74, 6) is 0.184. The fourth-order valence-electron chi connectivity index (χ4n) is 1.17. The quantitative estimate of drug-likeness (QED) is 0.638. The first-order chi connectivity index (χ1) is 8.16. The number of nitrogens with zero attached hydrogens (tertiary/aromatic N) is 3. The molecule has 7 heteroatoms. The topological polar surface area (TPSA) is 104 Å². The van der Waals surface area contributed by atoms with E-state index in [1.54, 1.807) is 30.3 Å². The van der Waals surface area contributed by atoms with Crippen molar-refractivity contribution < 1.29 is 9.66 Å². The van der Waals surface area contributed by atoms with Crippen LogP contribution in [0.1, 0.15) is 0 Å². The maximum absolute atomic E-state index is 10.7. The van der Waals surface area contributed by atoms with Gasteiger partial charge in [0.1, 0.15) is 11.9 Å². The van der Waals surface area contributed by atoms with Crippen LogP contribution in [0.15, 0.2) is 36.5 Å². The van der Waals surface area contributed by atoms with Crippen molar-refractivity contribution in [1.82, 2.24) is 9.97 Å². The summed E-state index contributed by atoms with van der Waals surface area (Å²) < 4.78 is 5.28. The molecule has 0 atom stereocenters. The summed E-state index contributed by atoms with van der Waals surface area (Å²) in [4.78, 5) is 17.3. The van der Waals surface area contributed by atoms with Crippen molar-refractivity contribution in [3.63, 3.8) is 0 Å². The molecule has 0 aliphatic carbocycles. The van der Waals surface area contributed by atoms with Gasteiger partial charge in [0.2, 0.25) is 5.95 Å². The molecule has 86 valence electrons. The lowest BCUT2D eigenvalue weighted by molar-refractivity contribution is -0.386. The van der Waals surface area contributed by atoms with Crippen LogP contribution in [-0.4, -0.2) is 14.9 Å². The Hall–Kier alpha value is -2.70. The molecular weight excluding hydrogens is 224 g/mol. The zero-order valence-corrected chi connectivity index (χ0v) is 8.61. The standard InChI is InChI=1S/C10H8N4O3/c11-10-12-6-8(14(15)16)9(13-10)17-7-4-2-1-3-5-7/h1-6H,(H2,11,12,13). The molecule has 0 radical (unpaired) electrons. The summed E-state index contributed by atoms with van der Waals surface area (Å²) >= 11 is 0. The first-order valence-electron chi connectivity index (χ1n) is 4.66. The van der Waals surface area contributed by atoms with Gasteiger partial charge in [-0.3, -0.25) is 10.1 Å². The van der Waals surface area contributed by atoms with Crippen molar-refractivity contribution in [2.75, 3.05) is 5.73 Å². The van der Waals surface area contributed by atoms with Crippen LogP contribution >= 0.6 is 0 Å². The number of nitrogens with two attached hydrogens (primary N) is 1. The maximum atomic E-state index is 10.7. The molecule has 7 nitrogen and oxygen atoms in total. The lowest BCUT2D eigenvalue weighted by Gasteiger charge is -2.04. The van der Waals surface area contributed by atoms with E-state index >= 15 is 0 Å². The normalized spacial score (nSPS) is 9.88. The molecule has 1 aromatic carbocycles. The highest BCUT2D eigenvalue weighted by Crippen LogP contribution is 2.28. The molecule has 0 bridgehead atoms. The number of nitrogen functional groups attached to an aromatic ring is 1. The smallest absolute Gasteiger partial charge is 0.349 e. The van der Waals surface area contributed by atoms with Crippen LogP contribution in [0, 0.1) is 10.1 Å².